The average molecular weight is 364 g/mol. The second-order valence-electron chi connectivity index (χ2n) is 4.56. The molecule has 1 aliphatic rings. The first-order valence-corrected chi connectivity index (χ1v) is 9.89. The van der Waals surface area contributed by atoms with E-state index in [1.807, 2.05) is 11.6 Å². The first kappa shape index (κ1) is 13.4. The maximum absolute atomic E-state index is 11.7. The van der Waals surface area contributed by atoms with Crippen LogP contribution in [0.15, 0.2) is 11.6 Å². The van der Waals surface area contributed by atoms with Gasteiger partial charge in [0.2, 0.25) is 0 Å². The molecule has 3 heterocycles. The number of thiazole rings is 1. The lowest BCUT2D eigenvalue weighted by atomic mass is 10.3. The average Bonchev–Trinajstić information content (AvgIpc) is 2.88. The van der Waals surface area contributed by atoms with Crippen LogP contribution in [-0.4, -0.2) is 42.4 Å². The molecule has 0 atom stereocenters. The zero-order valence-electron chi connectivity index (χ0n) is 10.2. The molecule has 2 aromatic rings. The highest BCUT2D eigenvalue weighted by atomic mass is 79.9. The van der Waals surface area contributed by atoms with E-state index in [2.05, 4.69) is 30.2 Å². The molecule has 0 spiro atoms. The number of rotatable bonds is 2. The summed E-state index contributed by atoms with van der Waals surface area (Å²) in [5.74, 6) is 1.43. The number of sulfone groups is 1. The minimum absolute atomic E-state index is 0.222. The highest BCUT2D eigenvalue weighted by Crippen LogP contribution is 2.27. The molecule has 0 amide bonds. The Kier molecular flexibility index (Phi) is 3.57. The third kappa shape index (κ3) is 2.53. The lowest BCUT2D eigenvalue weighted by molar-refractivity contribution is 0.597. The van der Waals surface area contributed by atoms with Crippen molar-refractivity contribution in [1.29, 1.82) is 0 Å². The van der Waals surface area contributed by atoms with Gasteiger partial charge >= 0.3 is 0 Å². The molecule has 1 saturated heterocycles. The lowest BCUT2D eigenvalue weighted by Crippen LogP contribution is -2.27. The van der Waals surface area contributed by atoms with Gasteiger partial charge in [-0.3, -0.25) is 4.40 Å². The first-order valence-electron chi connectivity index (χ1n) is 6.06. The Balaban J connectivity index is 1.97. The third-order valence-electron chi connectivity index (χ3n) is 3.32. The number of halogens is 1. The van der Waals surface area contributed by atoms with Gasteiger partial charge in [-0.05, 0) is 6.42 Å². The normalized spacial score (nSPS) is 19.7. The van der Waals surface area contributed by atoms with E-state index < -0.39 is 9.84 Å². The standard InChI is InChI=1S/C11H14BrN3O2S2/c12-8-9-10(13-11-15(9)3-5-18-11)14-2-1-6-19(16,17)7-4-14/h3,5H,1-2,4,6-8H2. The molecule has 2 aromatic heterocycles. The highest BCUT2D eigenvalue weighted by molar-refractivity contribution is 9.08. The summed E-state index contributed by atoms with van der Waals surface area (Å²) in [6.45, 7) is 1.29. The van der Waals surface area contributed by atoms with Crippen LogP contribution in [0.1, 0.15) is 12.1 Å². The van der Waals surface area contributed by atoms with Gasteiger partial charge in [-0.25, -0.2) is 13.4 Å². The van der Waals surface area contributed by atoms with Crippen LogP contribution in [0.2, 0.25) is 0 Å². The molecule has 0 N–H and O–H groups in total. The fourth-order valence-corrected chi connectivity index (χ4v) is 4.87. The summed E-state index contributed by atoms with van der Waals surface area (Å²) in [7, 11) is -2.88. The van der Waals surface area contributed by atoms with E-state index in [1.54, 1.807) is 11.3 Å². The number of imidazole rings is 1. The summed E-state index contributed by atoms with van der Waals surface area (Å²) in [6, 6.07) is 0. The summed E-state index contributed by atoms with van der Waals surface area (Å²) in [6.07, 6.45) is 2.68. The van der Waals surface area contributed by atoms with Crippen molar-refractivity contribution in [3.05, 3.63) is 17.3 Å². The second-order valence-corrected chi connectivity index (χ2v) is 8.30. The van der Waals surface area contributed by atoms with Crippen LogP contribution < -0.4 is 4.90 Å². The van der Waals surface area contributed by atoms with Crippen molar-refractivity contribution in [3.63, 3.8) is 0 Å². The fraction of sp³-hybridized carbons (Fsp3) is 0.545. The minimum atomic E-state index is -2.88. The summed E-state index contributed by atoms with van der Waals surface area (Å²) in [4.78, 5) is 7.69. The van der Waals surface area contributed by atoms with Crippen molar-refractivity contribution >= 4 is 47.9 Å². The predicted octanol–water partition coefficient (Wildman–Crippen LogP) is 1.92. The molecule has 0 radical (unpaired) electrons. The molecule has 0 aliphatic carbocycles. The molecular formula is C11H14BrN3O2S2. The zero-order chi connectivity index (χ0) is 13.5. The van der Waals surface area contributed by atoms with Gasteiger partial charge in [0, 0.05) is 30.0 Å². The van der Waals surface area contributed by atoms with Gasteiger partial charge in [0.15, 0.2) is 20.6 Å². The molecule has 1 aliphatic heterocycles. The maximum Gasteiger partial charge on any atom is 0.195 e. The van der Waals surface area contributed by atoms with E-state index in [0.29, 0.717) is 18.3 Å². The lowest BCUT2D eigenvalue weighted by Gasteiger charge is -2.20. The quantitative estimate of drug-likeness (QED) is 0.764. The first-order chi connectivity index (χ1) is 9.11. The number of aromatic nitrogens is 2. The molecule has 0 bridgehead atoms. The van der Waals surface area contributed by atoms with Crippen LogP contribution in [0, 0.1) is 0 Å². The maximum atomic E-state index is 11.7. The number of hydrogen-bond acceptors (Lipinski definition) is 5. The molecule has 19 heavy (non-hydrogen) atoms. The zero-order valence-corrected chi connectivity index (χ0v) is 13.5. The predicted molar refractivity (Wildman–Crippen MR) is 81.2 cm³/mol. The molecular weight excluding hydrogens is 350 g/mol. The Morgan fingerprint density at radius 2 is 2.21 bits per heavy atom. The van der Waals surface area contributed by atoms with Gasteiger partial charge in [-0.2, -0.15) is 0 Å². The van der Waals surface area contributed by atoms with Crippen molar-refractivity contribution < 1.29 is 8.42 Å². The summed E-state index contributed by atoms with van der Waals surface area (Å²) >= 11 is 5.09. The largest absolute Gasteiger partial charge is 0.354 e. The van der Waals surface area contributed by atoms with Crippen molar-refractivity contribution in [3.8, 4) is 0 Å². The van der Waals surface area contributed by atoms with Crippen LogP contribution in [-0.2, 0) is 15.2 Å². The molecule has 0 saturated carbocycles. The van der Waals surface area contributed by atoms with E-state index in [4.69, 9.17) is 0 Å². The third-order valence-corrected chi connectivity index (χ3v) is 6.32. The molecule has 0 aromatic carbocycles. The van der Waals surface area contributed by atoms with Crippen LogP contribution in [0.3, 0.4) is 0 Å². The van der Waals surface area contributed by atoms with Crippen molar-refractivity contribution in [2.24, 2.45) is 0 Å². The van der Waals surface area contributed by atoms with Gasteiger partial charge in [-0.15, -0.1) is 11.3 Å². The summed E-state index contributed by atoms with van der Waals surface area (Å²) in [5.41, 5.74) is 1.09. The highest BCUT2D eigenvalue weighted by Gasteiger charge is 2.23. The topological polar surface area (TPSA) is 54.7 Å². The van der Waals surface area contributed by atoms with E-state index >= 15 is 0 Å². The van der Waals surface area contributed by atoms with E-state index in [-0.39, 0.29) is 11.5 Å². The van der Waals surface area contributed by atoms with Crippen molar-refractivity contribution in [2.45, 2.75) is 11.8 Å². The molecule has 0 unspecified atom stereocenters. The Morgan fingerprint density at radius 3 is 3.00 bits per heavy atom. The van der Waals surface area contributed by atoms with Crippen LogP contribution >= 0.6 is 27.3 Å². The number of anilines is 1. The Hall–Kier alpha value is -0.600. The summed E-state index contributed by atoms with van der Waals surface area (Å²) < 4.78 is 25.4. The Labute approximate surface area is 124 Å². The van der Waals surface area contributed by atoms with E-state index in [9.17, 15) is 8.42 Å². The van der Waals surface area contributed by atoms with E-state index in [0.717, 1.165) is 23.0 Å². The van der Waals surface area contributed by atoms with Gasteiger partial charge in [0.05, 0.1) is 17.2 Å². The second kappa shape index (κ2) is 5.06. The fourth-order valence-electron chi connectivity index (χ4n) is 2.35. The number of nitrogens with zero attached hydrogens (tertiary/aromatic N) is 3. The van der Waals surface area contributed by atoms with Gasteiger partial charge < -0.3 is 4.90 Å². The Bertz CT molecular complexity index is 692. The SMILES string of the molecule is O=S1(=O)CCCN(c2nc3sccn3c2CBr)CC1. The molecule has 5 nitrogen and oxygen atoms in total. The molecule has 8 heteroatoms. The van der Waals surface area contributed by atoms with Crippen LogP contribution in [0.4, 0.5) is 5.82 Å². The van der Waals surface area contributed by atoms with Crippen molar-refractivity contribution in [2.75, 3.05) is 29.5 Å². The van der Waals surface area contributed by atoms with Crippen LogP contribution in [0.25, 0.3) is 4.96 Å². The number of alkyl halides is 1. The van der Waals surface area contributed by atoms with E-state index in [1.165, 1.54) is 0 Å². The Morgan fingerprint density at radius 1 is 1.37 bits per heavy atom. The monoisotopic (exact) mass is 363 g/mol. The number of hydrogen-bond donors (Lipinski definition) is 0. The van der Waals surface area contributed by atoms with Gasteiger partial charge in [0.1, 0.15) is 0 Å². The number of fused-ring (bicyclic) bond motifs is 1. The minimum Gasteiger partial charge on any atom is -0.354 e. The van der Waals surface area contributed by atoms with Crippen LogP contribution in [0.5, 0.6) is 0 Å². The molecule has 104 valence electrons. The summed E-state index contributed by atoms with van der Waals surface area (Å²) in [5, 5.41) is 2.72. The molecule has 1 fully saturated rings. The molecule has 3 rings (SSSR count). The van der Waals surface area contributed by atoms with Gasteiger partial charge in [0.25, 0.3) is 0 Å². The van der Waals surface area contributed by atoms with Crippen molar-refractivity contribution in [1.82, 2.24) is 9.38 Å². The van der Waals surface area contributed by atoms with Gasteiger partial charge in [-0.1, -0.05) is 15.9 Å². The smallest absolute Gasteiger partial charge is 0.195 e.